The lowest BCUT2D eigenvalue weighted by atomic mass is 9.77. The highest BCUT2D eigenvalue weighted by Crippen LogP contribution is 2.49. The summed E-state index contributed by atoms with van der Waals surface area (Å²) in [5, 5.41) is 44.8. The van der Waals surface area contributed by atoms with Gasteiger partial charge < -0.3 is 35.0 Å². The molecule has 0 radical (unpaired) electrons. The fourth-order valence-corrected chi connectivity index (χ4v) is 9.91. The number of nitrogens with one attached hydrogen (secondary N) is 1. The Morgan fingerprint density at radius 2 is 1.38 bits per heavy atom. The zero-order chi connectivity index (χ0) is 46.6. The largest absolute Gasteiger partial charge is 0.488 e. The van der Waals surface area contributed by atoms with Crippen LogP contribution in [0.4, 0.5) is 11.4 Å². The lowest BCUT2D eigenvalue weighted by molar-refractivity contribution is -0.454. The van der Waals surface area contributed by atoms with E-state index in [-0.39, 0.29) is 10.8 Å². The normalized spacial score (nSPS) is 17.5. The van der Waals surface area contributed by atoms with Gasteiger partial charge in [0.15, 0.2) is 12.3 Å². The Morgan fingerprint density at radius 3 is 2.09 bits per heavy atom. The molecule has 5 aromatic rings. The SMILES string of the molecule is C=C(C)CNCCc1ccc(OC2=C(C=CC3=[N+](Cc4ccccc4B(O)O)c4ccccc4C3(C)C)CCCC2=CC=C2N(Cc3ccccc3B(O)O)c3ccccc3C2(C)C)cc1. The van der Waals surface area contributed by atoms with Crippen LogP contribution in [0.15, 0.2) is 180 Å². The predicted octanol–water partition coefficient (Wildman–Crippen LogP) is 8.21. The summed E-state index contributed by atoms with van der Waals surface area (Å²) in [5.74, 6) is 1.61. The average molecular weight is 879 g/mol. The minimum Gasteiger partial charge on any atom is -0.457 e. The lowest BCUT2D eigenvalue weighted by Gasteiger charge is -2.28. The van der Waals surface area contributed by atoms with Crippen molar-refractivity contribution in [3.63, 3.8) is 0 Å². The monoisotopic (exact) mass is 878 g/mol. The van der Waals surface area contributed by atoms with Crippen molar-refractivity contribution < 1.29 is 29.4 Å². The summed E-state index contributed by atoms with van der Waals surface area (Å²) < 4.78 is 9.35. The maximum Gasteiger partial charge on any atom is 0.488 e. The van der Waals surface area contributed by atoms with Crippen LogP contribution in [0, 0.1) is 0 Å². The lowest BCUT2D eigenvalue weighted by Crippen LogP contribution is -2.36. The Bertz CT molecular complexity index is 2760. The molecule has 8 rings (SSSR count). The number of para-hydroxylation sites is 2. The molecule has 2 aliphatic heterocycles. The molecule has 10 heteroatoms. The third-order valence-corrected chi connectivity index (χ3v) is 13.4. The Hall–Kier alpha value is -6.00. The molecular weight excluding hydrogens is 816 g/mol. The molecule has 3 aliphatic rings. The van der Waals surface area contributed by atoms with Gasteiger partial charge in [-0.1, -0.05) is 129 Å². The van der Waals surface area contributed by atoms with Crippen LogP contribution < -0.4 is 25.9 Å². The average Bonchev–Trinajstić information content (AvgIpc) is 3.65. The van der Waals surface area contributed by atoms with Crippen molar-refractivity contribution in [3.8, 4) is 5.75 Å². The fourth-order valence-electron chi connectivity index (χ4n) is 9.91. The second-order valence-corrected chi connectivity index (χ2v) is 18.9. The van der Waals surface area contributed by atoms with E-state index in [1.54, 1.807) is 12.1 Å². The third kappa shape index (κ3) is 9.75. The fraction of sp³-hybridized carbons (Fsp3) is 0.268. The number of anilines is 1. The smallest absolute Gasteiger partial charge is 0.457 e. The maximum absolute atomic E-state index is 10.3. The highest BCUT2D eigenvalue weighted by Gasteiger charge is 2.45. The number of allylic oxidation sites excluding steroid dienone is 7. The quantitative estimate of drug-likeness (QED) is 0.0295. The molecular formula is C56H62B2N3O5+. The zero-order valence-corrected chi connectivity index (χ0v) is 39.0. The standard InChI is InChI=1S/C56H62B2N3O5/c1-39(2)36-59-35-34-40-26-30-45(31-27-40)66-54-41(28-32-52-55(3,4)46-20-9-13-24-50(46)60(52)37-43-16-7-11-22-48(43)57(62)63)18-15-19-42(54)29-33-53-56(5,6)47-21-10-14-25-51(47)61(53)38-44-17-8-12-23-49(44)58(64)65/h7-14,16-17,20-33,59,62-65H,1,15,18-19,34-38H2,2-6H3/q+1. The molecule has 0 unspecified atom stereocenters. The van der Waals surface area contributed by atoms with E-state index in [4.69, 9.17) is 4.74 Å². The first-order valence-corrected chi connectivity index (χ1v) is 23.2. The molecule has 0 aromatic heterocycles. The van der Waals surface area contributed by atoms with E-state index in [9.17, 15) is 20.1 Å². The van der Waals surface area contributed by atoms with Crippen LogP contribution >= 0.6 is 0 Å². The molecule has 8 nitrogen and oxygen atoms in total. The van der Waals surface area contributed by atoms with Gasteiger partial charge in [0, 0.05) is 53.2 Å². The molecule has 0 bridgehead atoms. The van der Waals surface area contributed by atoms with Crippen molar-refractivity contribution in [1.82, 2.24) is 5.32 Å². The van der Waals surface area contributed by atoms with Crippen molar-refractivity contribution in [2.45, 2.75) is 84.2 Å². The summed E-state index contributed by atoms with van der Waals surface area (Å²) in [4.78, 5) is 2.31. The van der Waals surface area contributed by atoms with Crippen LogP contribution in [0.5, 0.6) is 5.75 Å². The number of fused-ring (bicyclic) bond motifs is 2. The summed E-state index contributed by atoms with van der Waals surface area (Å²) in [5.41, 5.74) is 13.4. The van der Waals surface area contributed by atoms with Gasteiger partial charge in [0.05, 0.1) is 5.41 Å². The number of hydrogen-bond donors (Lipinski definition) is 5. The summed E-state index contributed by atoms with van der Waals surface area (Å²) in [6.45, 7) is 17.7. The van der Waals surface area contributed by atoms with Gasteiger partial charge >= 0.3 is 14.2 Å². The van der Waals surface area contributed by atoms with Gasteiger partial charge in [-0.15, -0.1) is 0 Å². The number of ether oxygens (including phenoxy) is 1. The van der Waals surface area contributed by atoms with Gasteiger partial charge in [0.1, 0.15) is 11.5 Å². The number of hydrogen-bond acceptors (Lipinski definition) is 7. The van der Waals surface area contributed by atoms with Crippen molar-refractivity contribution >= 4 is 42.2 Å². The van der Waals surface area contributed by atoms with E-state index < -0.39 is 14.2 Å². The van der Waals surface area contributed by atoms with Crippen molar-refractivity contribution in [3.05, 3.63) is 208 Å². The van der Waals surface area contributed by atoms with Crippen LogP contribution in [0.2, 0.25) is 0 Å². The van der Waals surface area contributed by atoms with Gasteiger partial charge in [-0.3, -0.25) is 0 Å². The van der Waals surface area contributed by atoms with Crippen LogP contribution in [0.25, 0.3) is 0 Å². The van der Waals surface area contributed by atoms with Gasteiger partial charge in [-0.05, 0) is 122 Å². The molecule has 5 N–H and O–H groups in total. The molecule has 2 heterocycles. The minimum atomic E-state index is -1.58. The third-order valence-electron chi connectivity index (χ3n) is 13.4. The van der Waals surface area contributed by atoms with E-state index in [0.717, 1.165) is 101 Å². The highest BCUT2D eigenvalue weighted by molar-refractivity contribution is 6.59. The summed E-state index contributed by atoms with van der Waals surface area (Å²) >= 11 is 0. The number of rotatable bonds is 16. The Labute approximate surface area is 391 Å². The van der Waals surface area contributed by atoms with Crippen molar-refractivity contribution in [1.29, 1.82) is 0 Å². The van der Waals surface area contributed by atoms with Gasteiger partial charge in [0.2, 0.25) is 5.69 Å². The molecule has 0 saturated carbocycles. The molecule has 0 amide bonds. The Kier molecular flexibility index (Phi) is 14.0. The second-order valence-electron chi connectivity index (χ2n) is 18.9. The molecule has 336 valence electrons. The molecule has 0 saturated heterocycles. The highest BCUT2D eigenvalue weighted by atomic mass is 16.5. The van der Waals surface area contributed by atoms with E-state index in [0.29, 0.717) is 24.0 Å². The van der Waals surface area contributed by atoms with E-state index in [2.05, 4.69) is 146 Å². The van der Waals surface area contributed by atoms with Crippen molar-refractivity contribution in [2.24, 2.45) is 0 Å². The maximum atomic E-state index is 10.3. The number of nitrogens with zero attached hydrogens (tertiary/aromatic N) is 2. The molecule has 0 spiro atoms. The van der Waals surface area contributed by atoms with Crippen molar-refractivity contribution in [2.75, 3.05) is 18.0 Å². The summed E-state index contributed by atoms with van der Waals surface area (Å²) in [7, 11) is -3.16. The summed E-state index contributed by atoms with van der Waals surface area (Å²) in [6, 6.07) is 40.4. The van der Waals surface area contributed by atoms with E-state index >= 15 is 0 Å². The molecule has 0 atom stereocenters. The molecule has 5 aromatic carbocycles. The second kappa shape index (κ2) is 19.8. The number of benzene rings is 5. The van der Waals surface area contributed by atoms with Gasteiger partial charge in [-0.25, -0.2) is 0 Å². The van der Waals surface area contributed by atoms with E-state index in [1.165, 1.54) is 16.7 Å². The predicted molar refractivity (Wildman–Crippen MR) is 271 cm³/mol. The Balaban J connectivity index is 1.22. The molecule has 66 heavy (non-hydrogen) atoms. The van der Waals surface area contributed by atoms with Crippen LogP contribution in [-0.4, -0.2) is 57.7 Å². The minimum absolute atomic E-state index is 0.342. The molecule has 0 fully saturated rings. The first-order valence-electron chi connectivity index (χ1n) is 23.2. The zero-order valence-electron chi connectivity index (χ0n) is 39.0. The topological polar surface area (TPSA) is 108 Å². The van der Waals surface area contributed by atoms with Crippen LogP contribution in [0.3, 0.4) is 0 Å². The van der Waals surface area contributed by atoms with E-state index in [1.807, 2.05) is 43.3 Å². The summed E-state index contributed by atoms with van der Waals surface area (Å²) in [6.07, 6.45) is 12.4. The van der Waals surface area contributed by atoms with Gasteiger partial charge in [0.25, 0.3) is 0 Å². The first-order chi connectivity index (χ1) is 31.7. The first kappa shape index (κ1) is 46.5. The molecule has 1 aliphatic carbocycles. The van der Waals surface area contributed by atoms with Crippen LogP contribution in [-0.2, 0) is 30.3 Å². The van der Waals surface area contributed by atoms with Gasteiger partial charge in [-0.2, -0.15) is 4.58 Å². The Morgan fingerprint density at radius 1 is 0.742 bits per heavy atom. The van der Waals surface area contributed by atoms with Crippen LogP contribution in [0.1, 0.15) is 81.7 Å².